The molecule has 0 aromatic carbocycles. The fourth-order valence-corrected chi connectivity index (χ4v) is 3.38. The Bertz CT molecular complexity index is 214. The first-order valence-corrected chi connectivity index (χ1v) is 7.36. The molecule has 0 bridgehead atoms. The van der Waals surface area contributed by atoms with Gasteiger partial charge in [0.25, 0.3) is 0 Å². The molecular formula is C14H28N2O. The van der Waals surface area contributed by atoms with Crippen molar-refractivity contribution in [3.05, 3.63) is 0 Å². The lowest BCUT2D eigenvalue weighted by Crippen LogP contribution is -2.52. The second-order valence-corrected chi connectivity index (χ2v) is 5.59. The molecule has 0 aromatic heterocycles. The predicted molar refractivity (Wildman–Crippen MR) is 71.3 cm³/mol. The Morgan fingerprint density at radius 3 is 2.71 bits per heavy atom. The molecule has 2 aliphatic rings. The first-order valence-electron chi connectivity index (χ1n) is 7.36. The molecule has 3 atom stereocenters. The molecule has 3 heteroatoms. The van der Waals surface area contributed by atoms with Crippen molar-refractivity contribution in [2.24, 2.45) is 0 Å². The van der Waals surface area contributed by atoms with Gasteiger partial charge >= 0.3 is 0 Å². The topological polar surface area (TPSA) is 24.5 Å². The average molecular weight is 240 g/mol. The smallest absolute Gasteiger partial charge is 0.0702 e. The molecule has 1 aliphatic carbocycles. The molecule has 2 rings (SSSR count). The fourth-order valence-electron chi connectivity index (χ4n) is 3.38. The van der Waals surface area contributed by atoms with Gasteiger partial charge in [0.2, 0.25) is 0 Å². The van der Waals surface area contributed by atoms with E-state index in [1.807, 2.05) is 0 Å². The zero-order chi connectivity index (χ0) is 12.1. The molecule has 0 spiro atoms. The van der Waals surface area contributed by atoms with Gasteiger partial charge in [-0.1, -0.05) is 19.8 Å². The lowest BCUT2D eigenvalue weighted by Gasteiger charge is -2.39. The van der Waals surface area contributed by atoms with Crippen LogP contribution >= 0.6 is 0 Å². The largest absolute Gasteiger partial charge is 0.377 e. The number of rotatable bonds is 5. The molecular weight excluding hydrogens is 212 g/mol. The highest BCUT2D eigenvalue weighted by atomic mass is 16.5. The maximum absolute atomic E-state index is 5.75. The first-order chi connectivity index (χ1) is 8.31. The van der Waals surface area contributed by atoms with E-state index < -0.39 is 0 Å². The summed E-state index contributed by atoms with van der Waals surface area (Å²) >= 11 is 0. The highest BCUT2D eigenvalue weighted by Crippen LogP contribution is 2.24. The van der Waals surface area contributed by atoms with Crippen molar-refractivity contribution < 1.29 is 4.74 Å². The van der Waals surface area contributed by atoms with Crippen LogP contribution in [-0.2, 0) is 4.74 Å². The summed E-state index contributed by atoms with van der Waals surface area (Å²) in [7, 11) is 2.28. The summed E-state index contributed by atoms with van der Waals surface area (Å²) in [5, 5.41) is 3.66. The van der Waals surface area contributed by atoms with Crippen LogP contribution in [0, 0.1) is 0 Å². The van der Waals surface area contributed by atoms with E-state index in [0.717, 1.165) is 19.7 Å². The highest BCUT2D eigenvalue weighted by molar-refractivity contribution is 4.88. The number of hydrogen-bond donors (Lipinski definition) is 1. The van der Waals surface area contributed by atoms with Gasteiger partial charge in [-0.15, -0.1) is 0 Å². The quantitative estimate of drug-likeness (QED) is 0.795. The van der Waals surface area contributed by atoms with Gasteiger partial charge in [-0.05, 0) is 39.3 Å². The third kappa shape index (κ3) is 3.67. The fraction of sp³-hybridized carbons (Fsp3) is 1.00. The summed E-state index contributed by atoms with van der Waals surface area (Å²) in [4.78, 5) is 2.54. The summed E-state index contributed by atoms with van der Waals surface area (Å²) in [5.74, 6) is 0. The first kappa shape index (κ1) is 13.3. The monoisotopic (exact) mass is 240 g/mol. The van der Waals surface area contributed by atoms with Crippen LogP contribution in [0.1, 0.15) is 45.4 Å². The Hall–Kier alpha value is -0.120. The van der Waals surface area contributed by atoms with E-state index in [2.05, 4.69) is 24.2 Å². The van der Waals surface area contributed by atoms with Crippen molar-refractivity contribution in [2.75, 3.05) is 26.7 Å². The van der Waals surface area contributed by atoms with Gasteiger partial charge < -0.3 is 10.1 Å². The molecule has 0 radical (unpaired) electrons. The van der Waals surface area contributed by atoms with E-state index in [0.29, 0.717) is 18.2 Å². The van der Waals surface area contributed by atoms with E-state index in [1.54, 1.807) is 0 Å². The Morgan fingerprint density at radius 1 is 1.18 bits per heavy atom. The zero-order valence-corrected chi connectivity index (χ0v) is 11.5. The lowest BCUT2D eigenvalue weighted by molar-refractivity contribution is 0.0526. The minimum atomic E-state index is 0.490. The standard InChI is InChI=1S/C14H28N2O/c1-3-15-13-8-4-5-9-14(13)16(2)11-12-7-6-10-17-12/h12-15H,3-11H2,1-2H3. The Balaban J connectivity index is 1.83. The Kier molecular flexibility index (Phi) is 5.26. The Morgan fingerprint density at radius 2 is 2.00 bits per heavy atom. The number of hydrogen-bond acceptors (Lipinski definition) is 3. The van der Waals surface area contributed by atoms with Gasteiger partial charge in [0.05, 0.1) is 6.10 Å². The van der Waals surface area contributed by atoms with E-state index in [-0.39, 0.29) is 0 Å². The summed E-state index contributed by atoms with van der Waals surface area (Å²) in [6.45, 7) is 5.40. The molecule has 1 saturated carbocycles. The molecule has 1 aliphatic heterocycles. The van der Waals surface area contributed by atoms with Crippen molar-refractivity contribution in [3.63, 3.8) is 0 Å². The second kappa shape index (κ2) is 6.72. The molecule has 0 aromatic rings. The maximum atomic E-state index is 5.75. The zero-order valence-electron chi connectivity index (χ0n) is 11.5. The van der Waals surface area contributed by atoms with Crippen molar-refractivity contribution in [2.45, 2.75) is 63.6 Å². The van der Waals surface area contributed by atoms with Gasteiger partial charge in [-0.25, -0.2) is 0 Å². The van der Waals surface area contributed by atoms with Crippen molar-refractivity contribution in [3.8, 4) is 0 Å². The van der Waals surface area contributed by atoms with Crippen LogP contribution in [0.4, 0.5) is 0 Å². The second-order valence-electron chi connectivity index (χ2n) is 5.59. The molecule has 17 heavy (non-hydrogen) atoms. The van der Waals surface area contributed by atoms with Gasteiger partial charge in [0, 0.05) is 25.2 Å². The molecule has 1 heterocycles. The van der Waals surface area contributed by atoms with Crippen LogP contribution < -0.4 is 5.32 Å². The van der Waals surface area contributed by atoms with Gasteiger partial charge in [-0.2, -0.15) is 0 Å². The summed E-state index contributed by atoms with van der Waals surface area (Å²) in [6.07, 6.45) is 8.46. The SMILES string of the molecule is CCNC1CCCCC1N(C)CC1CCCO1. The van der Waals surface area contributed by atoms with Gasteiger partial charge in [0.1, 0.15) is 0 Å². The van der Waals surface area contributed by atoms with E-state index in [4.69, 9.17) is 4.74 Å². The number of nitrogens with one attached hydrogen (secondary N) is 1. The third-order valence-corrected chi connectivity index (χ3v) is 4.28. The van der Waals surface area contributed by atoms with E-state index >= 15 is 0 Å². The minimum Gasteiger partial charge on any atom is -0.377 e. The van der Waals surface area contributed by atoms with Crippen molar-refractivity contribution >= 4 is 0 Å². The van der Waals surface area contributed by atoms with Crippen LogP contribution in [0.25, 0.3) is 0 Å². The van der Waals surface area contributed by atoms with Crippen LogP contribution in [-0.4, -0.2) is 49.8 Å². The van der Waals surface area contributed by atoms with Crippen molar-refractivity contribution in [1.82, 2.24) is 10.2 Å². The van der Waals surface area contributed by atoms with Crippen molar-refractivity contribution in [1.29, 1.82) is 0 Å². The lowest BCUT2D eigenvalue weighted by atomic mass is 9.89. The third-order valence-electron chi connectivity index (χ3n) is 4.28. The summed E-state index contributed by atoms with van der Waals surface area (Å²) in [6, 6.07) is 1.41. The number of nitrogens with zero attached hydrogens (tertiary/aromatic N) is 1. The molecule has 1 saturated heterocycles. The molecule has 0 amide bonds. The predicted octanol–water partition coefficient (Wildman–Crippen LogP) is 2.02. The summed E-state index contributed by atoms with van der Waals surface area (Å²) in [5.41, 5.74) is 0. The minimum absolute atomic E-state index is 0.490. The normalized spacial score (nSPS) is 34.4. The van der Waals surface area contributed by atoms with Crippen LogP contribution in [0.5, 0.6) is 0 Å². The van der Waals surface area contributed by atoms with E-state index in [1.165, 1.54) is 38.5 Å². The molecule has 100 valence electrons. The highest BCUT2D eigenvalue weighted by Gasteiger charge is 2.29. The summed E-state index contributed by atoms with van der Waals surface area (Å²) < 4.78 is 5.75. The number of ether oxygens (including phenoxy) is 1. The van der Waals surface area contributed by atoms with Crippen LogP contribution in [0.15, 0.2) is 0 Å². The Labute approximate surface area is 106 Å². The van der Waals surface area contributed by atoms with Crippen LogP contribution in [0.2, 0.25) is 0 Å². The van der Waals surface area contributed by atoms with E-state index in [9.17, 15) is 0 Å². The molecule has 3 nitrogen and oxygen atoms in total. The molecule has 1 N–H and O–H groups in total. The average Bonchev–Trinajstić information content (AvgIpc) is 2.83. The molecule has 2 fully saturated rings. The maximum Gasteiger partial charge on any atom is 0.0702 e. The van der Waals surface area contributed by atoms with Gasteiger partial charge in [0.15, 0.2) is 0 Å². The van der Waals surface area contributed by atoms with Crippen LogP contribution in [0.3, 0.4) is 0 Å². The van der Waals surface area contributed by atoms with Gasteiger partial charge in [-0.3, -0.25) is 4.90 Å². The molecule has 3 unspecified atom stereocenters. The number of likely N-dealkylation sites (N-methyl/N-ethyl adjacent to an activating group) is 2.